The number of ether oxygens (including phenoxy) is 1. The molecule has 184 valence electrons. The van der Waals surface area contributed by atoms with E-state index in [9.17, 15) is 14.7 Å². The van der Waals surface area contributed by atoms with Crippen molar-refractivity contribution in [2.75, 3.05) is 0 Å². The number of rotatable bonds is 23. The molecule has 0 aromatic carbocycles. The average molecular weight is 443 g/mol. The van der Waals surface area contributed by atoms with Gasteiger partial charge in [-0.3, -0.25) is 9.59 Å². The van der Waals surface area contributed by atoms with Crippen molar-refractivity contribution in [1.29, 1.82) is 0 Å². The van der Waals surface area contributed by atoms with Crippen LogP contribution in [0.4, 0.5) is 0 Å². The van der Waals surface area contributed by atoms with E-state index in [0.717, 1.165) is 32.1 Å². The highest BCUT2D eigenvalue weighted by Crippen LogP contribution is 2.16. The lowest BCUT2D eigenvalue weighted by molar-refractivity contribution is -0.155. The molecule has 2 unspecified atom stereocenters. The molecule has 2 N–H and O–H groups in total. The second kappa shape index (κ2) is 22.1. The summed E-state index contributed by atoms with van der Waals surface area (Å²) in [4.78, 5) is 23.2. The normalized spacial score (nSPS) is 13.1. The van der Waals surface area contributed by atoms with E-state index in [2.05, 4.69) is 13.8 Å². The zero-order valence-corrected chi connectivity index (χ0v) is 20.4. The summed E-state index contributed by atoms with van der Waals surface area (Å²) in [6.07, 6.45) is 18.7. The van der Waals surface area contributed by atoms with Gasteiger partial charge in [0, 0.05) is 0 Å². The molecule has 0 aliphatic carbocycles. The predicted octanol–water partition coefficient (Wildman–Crippen LogP) is 7.19. The van der Waals surface area contributed by atoms with Crippen LogP contribution in [0.25, 0.3) is 0 Å². The van der Waals surface area contributed by atoms with Crippen molar-refractivity contribution < 1.29 is 24.5 Å². The van der Waals surface area contributed by atoms with E-state index in [0.29, 0.717) is 12.8 Å². The van der Waals surface area contributed by atoms with Gasteiger partial charge in [-0.15, -0.1) is 0 Å². The van der Waals surface area contributed by atoms with E-state index in [1.54, 1.807) is 0 Å². The second-order valence-electron chi connectivity index (χ2n) is 9.09. The van der Waals surface area contributed by atoms with Gasteiger partial charge in [-0.05, 0) is 19.3 Å². The van der Waals surface area contributed by atoms with Crippen LogP contribution in [-0.4, -0.2) is 34.4 Å². The summed E-state index contributed by atoms with van der Waals surface area (Å²) in [6, 6.07) is 0. The van der Waals surface area contributed by atoms with Gasteiger partial charge in [-0.1, -0.05) is 110 Å². The first-order chi connectivity index (χ1) is 15.0. The fraction of sp³-hybridized carbons (Fsp3) is 0.923. The molecule has 2 atom stereocenters. The minimum absolute atomic E-state index is 0.0375. The molecule has 0 heterocycles. The molecule has 0 bridgehead atoms. The molecule has 5 heteroatoms. The monoisotopic (exact) mass is 442 g/mol. The van der Waals surface area contributed by atoms with Crippen molar-refractivity contribution >= 4 is 11.9 Å². The zero-order valence-electron chi connectivity index (χ0n) is 20.4. The molecule has 0 radical (unpaired) electrons. The lowest BCUT2D eigenvalue weighted by Gasteiger charge is -2.17. The van der Waals surface area contributed by atoms with Crippen LogP contribution in [0.5, 0.6) is 0 Å². The second-order valence-corrected chi connectivity index (χ2v) is 9.09. The summed E-state index contributed by atoms with van der Waals surface area (Å²) in [6.45, 7) is 4.42. The first-order valence-electron chi connectivity index (χ1n) is 13.1. The highest BCUT2D eigenvalue weighted by molar-refractivity contribution is 5.71. The van der Waals surface area contributed by atoms with Gasteiger partial charge in [0.05, 0.1) is 18.9 Å². The van der Waals surface area contributed by atoms with Crippen molar-refractivity contribution in [3.05, 3.63) is 0 Å². The van der Waals surface area contributed by atoms with E-state index in [4.69, 9.17) is 9.84 Å². The maximum atomic E-state index is 12.1. The van der Waals surface area contributed by atoms with Crippen molar-refractivity contribution in [3.63, 3.8) is 0 Å². The Kier molecular flexibility index (Phi) is 21.3. The van der Waals surface area contributed by atoms with Crippen LogP contribution in [0.2, 0.25) is 0 Å². The van der Waals surface area contributed by atoms with Crippen molar-refractivity contribution in [2.24, 2.45) is 0 Å². The summed E-state index contributed by atoms with van der Waals surface area (Å²) in [7, 11) is 0. The summed E-state index contributed by atoms with van der Waals surface area (Å²) >= 11 is 0. The van der Waals surface area contributed by atoms with E-state index < -0.39 is 24.1 Å². The molecule has 0 aliphatic rings. The summed E-state index contributed by atoms with van der Waals surface area (Å²) in [5, 5.41) is 19.2. The zero-order chi connectivity index (χ0) is 23.2. The molecule has 0 fully saturated rings. The van der Waals surface area contributed by atoms with Gasteiger partial charge in [0.2, 0.25) is 0 Å². The molecule has 0 spiro atoms. The molecule has 5 nitrogen and oxygen atoms in total. The van der Waals surface area contributed by atoms with E-state index in [-0.39, 0.29) is 12.8 Å². The van der Waals surface area contributed by atoms with E-state index in [1.165, 1.54) is 70.6 Å². The molecule has 0 amide bonds. The van der Waals surface area contributed by atoms with Crippen molar-refractivity contribution in [1.82, 2.24) is 0 Å². The Bertz CT molecular complexity index is 424. The highest BCUT2D eigenvalue weighted by Gasteiger charge is 2.20. The Morgan fingerprint density at radius 3 is 1.52 bits per heavy atom. The Morgan fingerprint density at radius 1 is 0.645 bits per heavy atom. The van der Waals surface area contributed by atoms with E-state index in [1.807, 2.05) is 0 Å². The van der Waals surface area contributed by atoms with Gasteiger partial charge in [-0.2, -0.15) is 0 Å². The predicted molar refractivity (Wildman–Crippen MR) is 127 cm³/mol. The number of aliphatic hydroxyl groups excluding tert-OH is 1. The fourth-order valence-corrected chi connectivity index (χ4v) is 3.95. The number of carbonyl (C=O) groups excluding carboxylic acids is 1. The van der Waals surface area contributed by atoms with Crippen LogP contribution in [0, 0.1) is 0 Å². The van der Waals surface area contributed by atoms with Gasteiger partial charge in [0.25, 0.3) is 0 Å². The molecule has 0 saturated heterocycles. The van der Waals surface area contributed by atoms with Crippen LogP contribution >= 0.6 is 0 Å². The highest BCUT2D eigenvalue weighted by atomic mass is 16.5. The minimum Gasteiger partial charge on any atom is -0.481 e. The van der Waals surface area contributed by atoms with Gasteiger partial charge in [0.1, 0.15) is 6.10 Å². The topological polar surface area (TPSA) is 83.8 Å². The lowest BCUT2D eigenvalue weighted by Crippen LogP contribution is -2.24. The van der Waals surface area contributed by atoms with Crippen LogP contribution < -0.4 is 0 Å². The number of carboxylic acid groups (broad SMARTS) is 1. The van der Waals surface area contributed by atoms with Gasteiger partial charge < -0.3 is 14.9 Å². The molecule has 31 heavy (non-hydrogen) atoms. The number of aliphatic carboxylic acids is 1. The third-order valence-electron chi connectivity index (χ3n) is 5.87. The number of aliphatic hydroxyl groups is 1. The molecule has 0 rings (SSSR count). The number of carboxylic acids is 1. The number of hydrogen-bond donors (Lipinski definition) is 2. The third-order valence-corrected chi connectivity index (χ3v) is 5.87. The van der Waals surface area contributed by atoms with Crippen LogP contribution in [-0.2, 0) is 14.3 Å². The Labute approximate surface area is 191 Å². The maximum absolute atomic E-state index is 12.1. The van der Waals surface area contributed by atoms with Crippen molar-refractivity contribution in [2.45, 2.75) is 154 Å². The van der Waals surface area contributed by atoms with Crippen molar-refractivity contribution in [3.8, 4) is 0 Å². The summed E-state index contributed by atoms with van der Waals surface area (Å²) in [5.41, 5.74) is 0. The first kappa shape index (κ1) is 29.9. The summed E-state index contributed by atoms with van der Waals surface area (Å²) < 4.78 is 5.39. The van der Waals surface area contributed by atoms with Gasteiger partial charge in [0.15, 0.2) is 0 Å². The molecular formula is C26H50O5. The molecular weight excluding hydrogens is 392 g/mol. The largest absolute Gasteiger partial charge is 0.481 e. The minimum atomic E-state index is -0.948. The smallest absolute Gasteiger partial charge is 0.308 e. The van der Waals surface area contributed by atoms with Crippen LogP contribution in [0.15, 0.2) is 0 Å². The Hall–Kier alpha value is -1.10. The number of hydrogen-bond acceptors (Lipinski definition) is 4. The quantitative estimate of drug-likeness (QED) is 0.129. The van der Waals surface area contributed by atoms with Gasteiger partial charge >= 0.3 is 11.9 Å². The summed E-state index contributed by atoms with van der Waals surface area (Å²) in [5.74, 6) is -1.42. The molecule has 0 saturated carbocycles. The van der Waals surface area contributed by atoms with Crippen LogP contribution in [0.3, 0.4) is 0 Å². The third kappa shape index (κ3) is 21.9. The van der Waals surface area contributed by atoms with Gasteiger partial charge in [-0.25, -0.2) is 0 Å². The number of unbranched alkanes of at least 4 members (excludes halogenated alkanes) is 14. The average Bonchev–Trinajstić information content (AvgIpc) is 2.71. The first-order valence-corrected chi connectivity index (χ1v) is 13.1. The maximum Gasteiger partial charge on any atom is 0.308 e. The molecule has 0 aliphatic heterocycles. The van der Waals surface area contributed by atoms with Crippen LogP contribution in [0.1, 0.15) is 142 Å². The SMILES string of the molecule is CCCCCCCCCCCC(O)CC(=O)OC(CCCCCCCCC)CC(=O)O. The molecule has 0 aromatic heterocycles. The number of esters is 1. The Balaban J connectivity index is 3.89. The lowest BCUT2D eigenvalue weighted by atomic mass is 10.0. The van der Waals surface area contributed by atoms with E-state index >= 15 is 0 Å². The fourth-order valence-electron chi connectivity index (χ4n) is 3.95. The number of carbonyl (C=O) groups is 2. The standard InChI is InChI=1S/C26H50O5/c1-3-5-7-9-11-12-14-15-17-19-23(27)21-26(30)31-24(22-25(28)29)20-18-16-13-10-8-6-4-2/h23-24,27H,3-22H2,1-2H3,(H,28,29). The molecule has 0 aromatic rings. The Morgan fingerprint density at radius 2 is 1.06 bits per heavy atom.